The van der Waals surface area contributed by atoms with Crippen LogP contribution in [-0.2, 0) is 6.42 Å². The summed E-state index contributed by atoms with van der Waals surface area (Å²) in [6, 6.07) is 13.5. The average molecular weight is 305 g/mol. The van der Waals surface area contributed by atoms with E-state index in [-0.39, 0.29) is 5.75 Å². The Balaban J connectivity index is 2.31. The van der Waals surface area contributed by atoms with Crippen molar-refractivity contribution in [1.29, 1.82) is 0 Å². The van der Waals surface area contributed by atoms with Gasteiger partial charge in [-0.05, 0) is 41.7 Å². The molecule has 2 aromatic carbocycles. The van der Waals surface area contributed by atoms with E-state index in [1.807, 2.05) is 24.3 Å². The Labute approximate surface area is 131 Å². The van der Waals surface area contributed by atoms with Gasteiger partial charge in [-0.25, -0.2) is 0 Å². The van der Waals surface area contributed by atoms with E-state index in [4.69, 9.17) is 16.3 Å². The summed E-state index contributed by atoms with van der Waals surface area (Å²) < 4.78 is 5.70. The van der Waals surface area contributed by atoms with Gasteiger partial charge in [-0.1, -0.05) is 37.6 Å². The number of alkyl halides is 1. The molecular weight excluding hydrogens is 284 g/mol. The first-order valence-corrected chi connectivity index (χ1v) is 7.89. The summed E-state index contributed by atoms with van der Waals surface area (Å²) in [7, 11) is 0. The van der Waals surface area contributed by atoms with Gasteiger partial charge in [-0.3, -0.25) is 0 Å². The van der Waals surface area contributed by atoms with E-state index in [1.165, 1.54) is 5.56 Å². The molecule has 0 bridgehead atoms. The zero-order valence-corrected chi connectivity index (χ0v) is 13.1. The lowest BCUT2D eigenvalue weighted by Gasteiger charge is -2.12. The molecule has 2 nitrogen and oxygen atoms in total. The molecule has 0 unspecified atom stereocenters. The molecule has 0 atom stereocenters. The number of hydrogen-bond donors (Lipinski definition) is 1. The molecule has 112 valence electrons. The van der Waals surface area contributed by atoms with Crippen LogP contribution in [0.3, 0.4) is 0 Å². The number of aryl methyl sites for hydroxylation is 1. The molecular formula is C18H21ClO2. The fourth-order valence-corrected chi connectivity index (χ4v) is 2.48. The first-order valence-electron chi connectivity index (χ1n) is 7.35. The molecule has 0 heterocycles. The second-order valence-electron chi connectivity index (χ2n) is 5.01. The topological polar surface area (TPSA) is 29.5 Å². The van der Waals surface area contributed by atoms with Gasteiger partial charge in [0.2, 0.25) is 0 Å². The number of ether oxygens (including phenoxy) is 1. The van der Waals surface area contributed by atoms with Gasteiger partial charge in [0.25, 0.3) is 0 Å². The highest BCUT2D eigenvalue weighted by Crippen LogP contribution is 2.31. The molecule has 0 radical (unpaired) electrons. The molecule has 0 saturated carbocycles. The smallest absolute Gasteiger partial charge is 0.123 e. The largest absolute Gasteiger partial charge is 0.508 e. The van der Waals surface area contributed by atoms with Crippen molar-refractivity contribution in [2.45, 2.75) is 26.2 Å². The SMILES string of the molecule is CCCCOc1cc(O)cc(-c2ccccc2CCCl)c1. The molecule has 0 spiro atoms. The molecule has 0 aliphatic rings. The minimum absolute atomic E-state index is 0.222. The molecule has 0 aromatic heterocycles. The minimum Gasteiger partial charge on any atom is -0.508 e. The normalized spacial score (nSPS) is 10.6. The van der Waals surface area contributed by atoms with Crippen molar-refractivity contribution in [1.82, 2.24) is 0 Å². The lowest BCUT2D eigenvalue weighted by atomic mass is 9.98. The van der Waals surface area contributed by atoms with Gasteiger partial charge >= 0.3 is 0 Å². The Morgan fingerprint density at radius 3 is 2.71 bits per heavy atom. The summed E-state index contributed by atoms with van der Waals surface area (Å²) in [5.41, 5.74) is 3.23. The number of halogens is 1. The summed E-state index contributed by atoms with van der Waals surface area (Å²) in [4.78, 5) is 0. The maximum absolute atomic E-state index is 9.93. The molecule has 0 aliphatic heterocycles. The van der Waals surface area contributed by atoms with Crippen molar-refractivity contribution in [2.75, 3.05) is 12.5 Å². The quantitative estimate of drug-likeness (QED) is 0.575. The molecule has 1 N–H and O–H groups in total. The first-order chi connectivity index (χ1) is 10.2. The highest BCUT2D eigenvalue weighted by atomic mass is 35.5. The van der Waals surface area contributed by atoms with Gasteiger partial charge in [-0.2, -0.15) is 0 Å². The molecule has 0 amide bonds. The zero-order chi connectivity index (χ0) is 15.1. The predicted octanol–water partition coefficient (Wildman–Crippen LogP) is 5.02. The number of benzene rings is 2. The van der Waals surface area contributed by atoms with Crippen LogP contribution in [0.2, 0.25) is 0 Å². The number of rotatable bonds is 7. The van der Waals surface area contributed by atoms with Crippen molar-refractivity contribution in [3.8, 4) is 22.6 Å². The Morgan fingerprint density at radius 1 is 1.14 bits per heavy atom. The summed E-state index contributed by atoms with van der Waals surface area (Å²) in [5.74, 6) is 1.51. The maximum Gasteiger partial charge on any atom is 0.123 e. The van der Waals surface area contributed by atoms with Crippen LogP contribution in [0.4, 0.5) is 0 Å². The summed E-state index contributed by atoms with van der Waals surface area (Å²) in [5, 5.41) is 9.93. The van der Waals surface area contributed by atoms with Crippen LogP contribution in [0.5, 0.6) is 11.5 Å². The average Bonchev–Trinajstić information content (AvgIpc) is 2.48. The highest BCUT2D eigenvalue weighted by molar-refractivity contribution is 6.18. The second-order valence-corrected chi connectivity index (χ2v) is 5.39. The predicted molar refractivity (Wildman–Crippen MR) is 88.4 cm³/mol. The fourth-order valence-electron chi connectivity index (χ4n) is 2.28. The lowest BCUT2D eigenvalue weighted by Crippen LogP contribution is -1.97. The Bertz CT molecular complexity index is 581. The van der Waals surface area contributed by atoms with Crippen molar-refractivity contribution in [3.05, 3.63) is 48.0 Å². The summed E-state index contributed by atoms with van der Waals surface area (Å²) in [6.45, 7) is 2.79. The first kappa shape index (κ1) is 15.7. The van der Waals surface area contributed by atoms with Gasteiger partial charge in [0.05, 0.1) is 6.61 Å². The number of hydrogen-bond acceptors (Lipinski definition) is 2. The lowest BCUT2D eigenvalue weighted by molar-refractivity contribution is 0.308. The molecule has 21 heavy (non-hydrogen) atoms. The van der Waals surface area contributed by atoms with Gasteiger partial charge in [0.1, 0.15) is 11.5 Å². The van der Waals surface area contributed by atoms with Crippen LogP contribution in [0.25, 0.3) is 11.1 Å². The summed E-state index contributed by atoms with van der Waals surface area (Å²) in [6.07, 6.45) is 2.90. The monoisotopic (exact) mass is 304 g/mol. The van der Waals surface area contributed by atoms with E-state index in [2.05, 4.69) is 13.0 Å². The third-order valence-corrected chi connectivity index (χ3v) is 3.54. The Kier molecular flexibility index (Phi) is 5.94. The van der Waals surface area contributed by atoms with Crippen molar-refractivity contribution < 1.29 is 9.84 Å². The van der Waals surface area contributed by atoms with Gasteiger partial charge in [0.15, 0.2) is 0 Å². The van der Waals surface area contributed by atoms with Gasteiger partial charge < -0.3 is 9.84 Å². The van der Waals surface area contributed by atoms with E-state index in [9.17, 15) is 5.11 Å². The molecule has 0 saturated heterocycles. The van der Waals surface area contributed by atoms with Gasteiger partial charge in [0, 0.05) is 11.9 Å². The van der Waals surface area contributed by atoms with Crippen molar-refractivity contribution >= 4 is 11.6 Å². The van der Waals surface area contributed by atoms with Crippen LogP contribution in [-0.4, -0.2) is 17.6 Å². The van der Waals surface area contributed by atoms with Crippen LogP contribution >= 0.6 is 11.6 Å². The van der Waals surface area contributed by atoms with Crippen molar-refractivity contribution in [3.63, 3.8) is 0 Å². The highest BCUT2D eigenvalue weighted by Gasteiger charge is 2.08. The Morgan fingerprint density at radius 2 is 1.95 bits per heavy atom. The second kappa shape index (κ2) is 7.94. The standard InChI is InChI=1S/C18H21ClO2/c1-2-3-10-21-17-12-15(11-16(20)13-17)18-7-5-4-6-14(18)8-9-19/h4-7,11-13,20H,2-3,8-10H2,1H3. The molecule has 2 aromatic rings. The van der Waals surface area contributed by atoms with Crippen molar-refractivity contribution in [2.24, 2.45) is 0 Å². The fraction of sp³-hybridized carbons (Fsp3) is 0.333. The summed E-state index contributed by atoms with van der Waals surface area (Å²) >= 11 is 5.87. The maximum atomic E-state index is 9.93. The third-order valence-electron chi connectivity index (χ3n) is 3.35. The van der Waals surface area contributed by atoms with Crippen LogP contribution in [0.15, 0.2) is 42.5 Å². The van der Waals surface area contributed by atoms with E-state index in [1.54, 1.807) is 12.1 Å². The van der Waals surface area contributed by atoms with E-state index in [0.717, 1.165) is 30.4 Å². The Hall–Kier alpha value is -1.67. The van der Waals surface area contributed by atoms with E-state index in [0.29, 0.717) is 18.2 Å². The number of phenols is 1. The molecule has 0 aliphatic carbocycles. The van der Waals surface area contributed by atoms with Crippen LogP contribution in [0, 0.1) is 0 Å². The number of phenolic OH excluding ortho intramolecular Hbond substituents is 1. The molecule has 3 heteroatoms. The number of unbranched alkanes of at least 4 members (excludes halogenated alkanes) is 1. The van der Waals surface area contributed by atoms with Gasteiger partial charge in [-0.15, -0.1) is 11.6 Å². The van der Waals surface area contributed by atoms with Crippen LogP contribution < -0.4 is 4.74 Å². The van der Waals surface area contributed by atoms with E-state index < -0.39 is 0 Å². The third kappa shape index (κ3) is 4.40. The van der Waals surface area contributed by atoms with Crippen LogP contribution in [0.1, 0.15) is 25.3 Å². The minimum atomic E-state index is 0.222. The molecule has 2 rings (SSSR count). The zero-order valence-electron chi connectivity index (χ0n) is 12.3. The number of aromatic hydroxyl groups is 1. The van der Waals surface area contributed by atoms with E-state index >= 15 is 0 Å². The molecule has 0 fully saturated rings.